The van der Waals surface area contributed by atoms with Crippen LogP contribution in [0.5, 0.6) is 0 Å². The largest absolute Gasteiger partial charge is 0.288 e. The number of amides is 2. The second-order valence-electron chi connectivity index (χ2n) is 3.53. The van der Waals surface area contributed by atoms with Gasteiger partial charge in [-0.2, -0.15) is 0 Å². The van der Waals surface area contributed by atoms with Gasteiger partial charge in [-0.25, -0.2) is 0 Å². The highest BCUT2D eigenvalue weighted by molar-refractivity contribution is 6.25. The Labute approximate surface area is 77.5 Å². The molecule has 13 heavy (non-hydrogen) atoms. The van der Waals surface area contributed by atoms with Crippen molar-refractivity contribution in [1.82, 2.24) is 5.32 Å². The Hall–Kier alpha value is -1.38. The third-order valence-corrected chi connectivity index (χ3v) is 1.93. The van der Waals surface area contributed by atoms with Crippen molar-refractivity contribution in [3.63, 3.8) is 0 Å². The van der Waals surface area contributed by atoms with E-state index in [9.17, 15) is 9.59 Å². The molecule has 1 aliphatic heterocycles. The van der Waals surface area contributed by atoms with Crippen LogP contribution < -0.4 is 5.32 Å². The summed E-state index contributed by atoms with van der Waals surface area (Å²) in [5, 5.41) is 2.29. The van der Waals surface area contributed by atoms with Crippen LogP contribution in [0, 0.1) is 0 Å². The Morgan fingerprint density at radius 2 is 1.15 bits per heavy atom. The fourth-order valence-electron chi connectivity index (χ4n) is 1.41. The zero-order valence-corrected chi connectivity index (χ0v) is 8.32. The van der Waals surface area contributed by atoms with Crippen molar-refractivity contribution in [3.05, 3.63) is 22.3 Å². The predicted molar refractivity (Wildman–Crippen MR) is 49.9 cm³/mol. The van der Waals surface area contributed by atoms with E-state index in [-0.39, 0.29) is 11.8 Å². The Kier molecular flexibility index (Phi) is 2.36. The summed E-state index contributed by atoms with van der Waals surface area (Å²) < 4.78 is 0. The van der Waals surface area contributed by atoms with Crippen LogP contribution in [0.2, 0.25) is 0 Å². The van der Waals surface area contributed by atoms with E-state index in [1.165, 1.54) is 0 Å². The molecule has 0 aromatic rings. The molecule has 0 atom stereocenters. The van der Waals surface area contributed by atoms with Gasteiger partial charge in [0.1, 0.15) is 0 Å². The average Bonchev–Trinajstić information content (AvgIpc) is 2.24. The Morgan fingerprint density at radius 1 is 0.846 bits per heavy atom. The number of allylic oxidation sites excluding steroid dienone is 2. The van der Waals surface area contributed by atoms with Crippen molar-refractivity contribution in [3.8, 4) is 0 Å². The summed E-state index contributed by atoms with van der Waals surface area (Å²) in [6.07, 6.45) is 0. The molecular weight excluding hydrogens is 166 g/mol. The van der Waals surface area contributed by atoms with Crippen molar-refractivity contribution in [1.29, 1.82) is 0 Å². The summed E-state index contributed by atoms with van der Waals surface area (Å²) in [6.45, 7) is 7.32. The fraction of sp³-hybridized carbons (Fsp3) is 0.400. The monoisotopic (exact) mass is 179 g/mol. The molecule has 1 heterocycles. The summed E-state index contributed by atoms with van der Waals surface area (Å²) in [6, 6.07) is 0. The predicted octanol–water partition coefficient (Wildman–Crippen LogP) is 1.32. The van der Waals surface area contributed by atoms with E-state index in [0.717, 1.165) is 11.1 Å². The van der Waals surface area contributed by atoms with Crippen LogP contribution in [-0.4, -0.2) is 11.8 Å². The maximum Gasteiger partial charge on any atom is 0.258 e. The van der Waals surface area contributed by atoms with Gasteiger partial charge in [-0.1, -0.05) is 11.1 Å². The quantitative estimate of drug-likeness (QED) is 0.450. The van der Waals surface area contributed by atoms with Gasteiger partial charge < -0.3 is 0 Å². The molecule has 0 spiro atoms. The van der Waals surface area contributed by atoms with Crippen molar-refractivity contribution < 1.29 is 9.59 Å². The first-order valence-corrected chi connectivity index (χ1v) is 4.16. The van der Waals surface area contributed by atoms with Gasteiger partial charge in [-0.15, -0.1) is 0 Å². The first-order chi connectivity index (χ1) is 5.95. The molecule has 3 heteroatoms. The molecule has 0 saturated carbocycles. The van der Waals surface area contributed by atoms with Crippen LogP contribution in [0.1, 0.15) is 27.7 Å². The van der Waals surface area contributed by atoms with Gasteiger partial charge in [-0.05, 0) is 27.7 Å². The minimum Gasteiger partial charge on any atom is -0.288 e. The van der Waals surface area contributed by atoms with Crippen LogP contribution in [0.3, 0.4) is 0 Å². The molecule has 0 aromatic heterocycles. The van der Waals surface area contributed by atoms with E-state index in [1.54, 1.807) is 0 Å². The normalized spacial score (nSPS) is 16.3. The lowest BCUT2D eigenvalue weighted by molar-refractivity contribution is -0.123. The number of nitrogens with one attached hydrogen (secondary N) is 1. The number of hydrogen-bond donors (Lipinski definition) is 1. The minimum atomic E-state index is -0.277. The maximum absolute atomic E-state index is 11.3. The second kappa shape index (κ2) is 3.17. The van der Waals surface area contributed by atoms with Gasteiger partial charge in [0.2, 0.25) is 0 Å². The number of carbonyl (C=O) groups excluding carboxylic acids is 2. The minimum absolute atomic E-state index is 0.277. The lowest BCUT2D eigenvalue weighted by Gasteiger charge is -2.00. The topological polar surface area (TPSA) is 46.2 Å². The zero-order chi connectivity index (χ0) is 10.2. The summed E-state index contributed by atoms with van der Waals surface area (Å²) in [4.78, 5) is 22.6. The van der Waals surface area contributed by atoms with Crippen molar-refractivity contribution in [2.45, 2.75) is 27.7 Å². The molecule has 1 aliphatic rings. The van der Waals surface area contributed by atoms with Crippen LogP contribution in [0.15, 0.2) is 22.3 Å². The third kappa shape index (κ3) is 1.54. The Morgan fingerprint density at radius 3 is 1.38 bits per heavy atom. The highest BCUT2D eigenvalue weighted by Crippen LogP contribution is 2.23. The third-order valence-electron chi connectivity index (χ3n) is 1.93. The molecule has 1 fully saturated rings. The molecule has 0 aromatic carbocycles. The Bertz CT molecular complexity index is 306. The molecule has 0 unspecified atom stereocenters. The molecule has 1 N–H and O–H groups in total. The Balaban J connectivity index is 3.38. The van der Waals surface area contributed by atoms with E-state index in [0.29, 0.717) is 11.1 Å². The molecule has 70 valence electrons. The zero-order valence-electron chi connectivity index (χ0n) is 8.32. The van der Waals surface area contributed by atoms with Gasteiger partial charge in [-0.3, -0.25) is 14.9 Å². The molecule has 0 radical (unpaired) electrons. The first kappa shape index (κ1) is 9.71. The van der Waals surface area contributed by atoms with E-state index in [1.807, 2.05) is 27.7 Å². The molecular formula is C10H13NO2. The van der Waals surface area contributed by atoms with Gasteiger partial charge in [0.05, 0.1) is 11.1 Å². The second-order valence-corrected chi connectivity index (χ2v) is 3.53. The summed E-state index contributed by atoms with van der Waals surface area (Å²) in [5.41, 5.74) is 2.81. The standard InChI is InChI=1S/C10H13NO2/c1-5(2)7-8(6(3)4)10(13)11-9(7)12/h1-4H3,(H,11,12,13). The van der Waals surface area contributed by atoms with Crippen LogP contribution in [0.4, 0.5) is 0 Å². The van der Waals surface area contributed by atoms with E-state index < -0.39 is 0 Å². The fourth-order valence-corrected chi connectivity index (χ4v) is 1.41. The van der Waals surface area contributed by atoms with Gasteiger partial charge in [0, 0.05) is 0 Å². The number of rotatable bonds is 0. The molecule has 2 amide bonds. The van der Waals surface area contributed by atoms with Crippen LogP contribution in [-0.2, 0) is 9.59 Å². The summed E-state index contributed by atoms with van der Waals surface area (Å²) in [7, 11) is 0. The lowest BCUT2D eigenvalue weighted by atomic mass is 10.0. The molecule has 0 bridgehead atoms. The SMILES string of the molecule is CC(C)=C1C(=O)NC(=O)C1=C(C)C. The van der Waals surface area contributed by atoms with Crippen molar-refractivity contribution >= 4 is 11.8 Å². The smallest absolute Gasteiger partial charge is 0.258 e. The lowest BCUT2D eigenvalue weighted by Crippen LogP contribution is -2.20. The van der Waals surface area contributed by atoms with Crippen LogP contribution in [0.25, 0.3) is 0 Å². The van der Waals surface area contributed by atoms with Crippen molar-refractivity contribution in [2.24, 2.45) is 0 Å². The molecule has 3 nitrogen and oxygen atoms in total. The molecule has 1 rings (SSSR count). The highest BCUT2D eigenvalue weighted by atomic mass is 16.2. The van der Waals surface area contributed by atoms with Gasteiger partial charge in [0.25, 0.3) is 11.8 Å². The van der Waals surface area contributed by atoms with E-state index in [4.69, 9.17) is 0 Å². The van der Waals surface area contributed by atoms with Gasteiger partial charge >= 0.3 is 0 Å². The van der Waals surface area contributed by atoms with Gasteiger partial charge in [0.15, 0.2) is 0 Å². The van der Waals surface area contributed by atoms with E-state index >= 15 is 0 Å². The highest BCUT2D eigenvalue weighted by Gasteiger charge is 2.31. The molecule has 1 saturated heterocycles. The molecule has 0 aliphatic carbocycles. The number of carbonyl (C=O) groups is 2. The number of imide groups is 1. The van der Waals surface area contributed by atoms with E-state index in [2.05, 4.69) is 5.32 Å². The summed E-state index contributed by atoms with van der Waals surface area (Å²) >= 11 is 0. The average molecular weight is 179 g/mol. The van der Waals surface area contributed by atoms with Crippen LogP contribution >= 0.6 is 0 Å². The maximum atomic E-state index is 11.3. The first-order valence-electron chi connectivity index (χ1n) is 4.16. The summed E-state index contributed by atoms with van der Waals surface area (Å²) in [5.74, 6) is -0.553. The van der Waals surface area contributed by atoms with Crippen molar-refractivity contribution in [2.75, 3.05) is 0 Å². The number of hydrogen-bond acceptors (Lipinski definition) is 2.